The number of benzene rings is 2. The van der Waals surface area contributed by atoms with E-state index in [-0.39, 0.29) is 0 Å². The van der Waals surface area contributed by atoms with Crippen LogP contribution in [0.4, 0.5) is 5.69 Å². The van der Waals surface area contributed by atoms with Crippen molar-refractivity contribution >= 4 is 45.2 Å². The first-order valence-corrected chi connectivity index (χ1v) is 8.99. The van der Waals surface area contributed by atoms with Crippen LogP contribution >= 0.6 is 22.9 Å². The summed E-state index contributed by atoms with van der Waals surface area (Å²) < 4.78 is 6.84. The topological polar surface area (TPSA) is 37.7 Å². The molecule has 0 aliphatic heterocycles. The van der Waals surface area contributed by atoms with Crippen LogP contribution in [0.15, 0.2) is 47.5 Å². The average molecular weight is 360 g/mol. The summed E-state index contributed by atoms with van der Waals surface area (Å²) in [6.07, 6.45) is 1.88. The maximum atomic E-state index is 5.88. The maximum absolute atomic E-state index is 5.88. The molecule has 0 N–H and O–H groups in total. The second-order valence-electron chi connectivity index (χ2n) is 5.15. The summed E-state index contributed by atoms with van der Waals surface area (Å²) in [7, 11) is 0. The van der Waals surface area contributed by atoms with Crippen molar-refractivity contribution in [1.82, 2.24) is 9.88 Å². The third-order valence-electron chi connectivity index (χ3n) is 3.55. The number of thiazole rings is 1. The first kappa shape index (κ1) is 16.7. The van der Waals surface area contributed by atoms with Crippen LogP contribution in [0.3, 0.4) is 0 Å². The van der Waals surface area contributed by atoms with Crippen molar-refractivity contribution < 1.29 is 4.74 Å². The average Bonchev–Trinajstić information content (AvgIpc) is 2.99. The molecular formula is C18H18ClN3OS. The van der Waals surface area contributed by atoms with Crippen molar-refractivity contribution in [3.63, 3.8) is 0 Å². The van der Waals surface area contributed by atoms with Crippen molar-refractivity contribution in [2.75, 3.05) is 13.1 Å². The van der Waals surface area contributed by atoms with E-state index in [2.05, 4.69) is 28.7 Å². The van der Waals surface area contributed by atoms with Gasteiger partial charge < -0.3 is 9.64 Å². The number of aliphatic imine (C=N–C) groups is 1. The van der Waals surface area contributed by atoms with Crippen molar-refractivity contribution in [3.05, 3.63) is 47.5 Å². The lowest BCUT2D eigenvalue weighted by molar-refractivity contribution is 0.479. The number of nitrogens with zero attached hydrogens (tertiary/aromatic N) is 3. The fourth-order valence-corrected chi connectivity index (χ4v) is 3.15. The van der Waals surface area contributed by atoms with E-state index in [9.17, 15) is 0 Å². The molecule has 0 amide bonds. The van der Waals surface area contributed by atoms with Gasteiger partial charge in [-0.25, -0.2) is 9.98 Å². The molecule has 4 nitrogen and oxygen atoms in total. The second-order valence-corrected chi connectivity index (χ2v) is 6.58. The van der Waals surface area contributed by atoms with Crippen LogP contribution in [-0.4, -0.2) is 29.3 Å². The number of hydrogen-bond acceptors (Lipinski definition) is 4. The number of hydrogen-bond donors (Lipinski definition) is 0. The van der Waals surface area contributed by atoms with Gasteiger partial charge in [-0.15, -0.1) is 0 Å². The number of halogens is 1. The molecule has 0 saturated carbocycles. The molecule has 6 heteroatoms. The van der Waals surface area contributed by atoms with Gasteiger partial charge in [-0.05, 0) is 56.3 Å². The van der Waals surface area contributed by atoms with Gasteiger partial charge in [-0.3, -0.25) is 0 Å². The largest absolute Gasteiger partial charge is 0.431 e. The van der Waals surface area contributed by atoms with Crippen LogP contribution in [0.25, 0.3) is 10.2 Å². The van der Waals surface area contributed by atoms with Crippen LogP contribution in [-0.2, 0) is 0 Å². The Morgan fingerprint density at radius 1 is 1.17 bits per heavy atom. The quantitative estimate of drug-likeness (QED) is 0.415. The fourth-order valence-electron chi connectivity index (χ4n) is 2.15. The van der Waals surface area contributed by atoms with Crippen LogP contribution in [0.5, 0.6) is 10.9 Å². The molecule has 1 heterocycles. The van der Waals surface area contributed by atoms with Gasteiger partial charge in [0.05, 0.1) is 22.2 Å². The summed E-state index contributed by atoms with van der Waals surface area (Å²) in [5.74, 6) is 0.721. The van der Waals surface area contributed by atoms with Crippen LogP contribution < -0.4 is 4.74 Å². The van der Waals surface area contributed by atoms with Gasteiger partial charge >= 0.3 is 0 Å². The molecule has 24 heavy (non-hydrogen) atoms. The van der Waals surface area contributed by atoms with Crippen LogP contribution in [0.2, 0.25) is 5.02 Å². The van der Waals surface area contributed by atoms with Crippen LogP contribution in [0, 0.1) is 0 Å². The zero-order chi connectivity index (χ0) is 16.9. The molecule has 0 aliphatic carbocycles. The van der Waals surface area contributed by atoms with Gasteiger partial charge in [-0.2, -0.15) is 0 Å². The van der Waals surface area contributed by atoms with Crippen molar-refractivity contribution in [1.29, 1.82) is 0 Å². The smallest absolute Gasteiger partial charge is 0.279 e. The molecule has 2 aromatic carbocycles. The first-order chi connectivity index (χ1) is 11.7. The molecular weight excluding hydrogens is 342 g/mol. The molecule has 124 valence electrons. The van der Waals surface area contributed by atoms with Gasteiger partial charge in [0.2, 0.25) is 0 Å². The lowest BCUT2D eigenvalue weighted by Gasteiger charge is -2.13. The maximum Gasteiger partial charge on any atom is 0.279 e. The Kier molecular flexibility index (Phi) is 5.33. The molecule has 0 aliphatic rings. The fraction of sp³-hybridized carbons (Fsp3) is 0.222. The van der Waals surface area contributed by atoms with Gasteiger partial charge in [0.1, 0.15) is 5.75 Å². The molecule has 3 aromatic rings. The minimum atomic E-state index is 0.609. The Balaban J connectivity index is 1.79. The SMILES string of the molecule is CCN(C=Nc1ccc2nc(Oc3ccc(Cl)cc3)sc2c1)CC. The van der Waals surface area contributed by atoms with E-state index in [4.69, 9.17) is 16.3 Å². The number of fused-ring (bicyclic) bond motifs is 1. The van der Waals surface area contributed by atoms with E-state index < -0.39 is 0 Å². The summed E-state index contributed by atoms with van der Waals surface area (Å²) in [6, 6.07) is 13.2. The number of rotatable bonds is 6. The van der Waals surface area contributed by atoms with E-state index >= 15 is 0 Å². The summed E-state index contributed by atoms with van der Waals surface area (Å²) in [4.78, 5) is 11.2. The van der Waals surface area contributed by atoms with E-state index in [0.717, 1.165) is 34.7 Å². The molecule has 0 fully saturated rings. The molecule has 0 radical (unpaired) electrons. The number of ether oxygens (including phenoxy) is 1. The van der Waals surface area contributed by atoms with Crippen molar-refractivity contribution in [2.24, 2.45) is 4.99 Å². The van der Waals surface area contributed by atoms with Gasteiger partial charge in [0.15, 0.2) is 0 Å². The summed E-state index contributed by atoms with van der Waals surface area (Å²) in [6.45, 7) is 6.12. The Bertz CT molecular complexity index is 841. The third kappa shape index (κ3) is 4.04. The van der Waals surface area contributed by atoms with E-state index in [1.807, 2.05) is 36.7 Å². The molecule has 1 aromatic heterocycles. The minimum Gasteiger partial charge on any atom is -0.431 e. The highest BCUT2D eigenvalue weighted by Gasteiger charge is 2.07. The Morgan fingerprint density at radius 2 is 1.92 bits per heavy atom. The van der Waals surface area contributed by atoms with E-state index in [0.29, 0.717) is 10.2 Å². The van der Waals surface area contributed by atoms with Gasteiger partial charge in [-0.1, -0.05) is 22.9 Å². The predicted molar refractivity (Wildman–Crippen MR) is 102 cm³/mol. The predicted octanol–water partition coefficient (Wildman–Crippen LogP) is 5.74. The highest BCUT2D eigenvalue weighted by Crippen LogP contribution is 2.33. The molecule has 0 bridgehead atoms. The molecule has 0 spiro atoms. The normalized spacial score (nSPS) is 11.3. The van der Waals surface area contributed by atoms with E-state index in [1.54, 1.807) is 12.1 Å². The van der Waals surface area contributed by atoms with Crippen molar-refractivity contribution in [3.8, 4) is 10.9 Å². The summed E-state index contributed by atoms with van der Waals surface area (Å²) >= 11 is 7.39. The van der Waals surface area contributed by atoms with Gasteiger partial charge in [0, 0.05) is 18.1 Å². The zero-order valence-electron chi connectivity index (χ0n) is 13.6. The lowest BCUT2D eigenvalue weighted by Crippen LogP contribution is -2.20. The highest BCUT2D eigenvalue weighted by atomic mass is 35.5. The van der Waals surface area contributed by atoms with Crippen molar-refractivity contribution in [2.45, 2.75) is 13.8 Å². The first-order valence-electron chi connectivity index (χ1n) is 7.80. The molecule has 0 atom stereocenters. The lowest BCUT2D eigenvalue weighted by atomic mass is 10.3. The summed E-state index contributed by atoms with van der Waals surface area (Å²) in [5, 5.41) is 1.29. The molecule has 0 unspecified atom stereocenters. The Labute approximate surface area is 150 Å². The second kappa shape index (κ2) is 7.64. The Morgan fingerprint density at radius 3 is 2.62 bits per heavy atom. The standard InChI is InChI=1S/C18H18ClN3OS/c1-3-22(4-2)12-20-14-7-10-16-17(11-14)24-18(21-16)23-15-8-5-13(19)6-9-15/h5-12H,3-4H2,1-2H3. The van der Waals surface area contributed by atoms with Crippen LogP contribution in [0.1, 0.15) is 13.8 Å². The highest BCUT2D eigenvalue weighted by molar-refractivity contribution is 7.20. The van der Waals surface area contributed by atoms with Gasteiger partial charge in [0.25, 0.3) is 5.19 Å². The molecule has 3 rings (SSSR count). The third-order valence-corrected chi connectivity index (χ3v) is 4.70. The minimum absolute atomic E-state index is 0.609. The van der Waals surface area contributed by atoms with E-state index in [1.165, 1.54) is 11.3 Å². The monoisotopic (exact) mass is 359 g/mol. The summed E-state index contributed by atoms with van der Waals surface area (Å²) in [5.41, 5.74) is 1.82. The molecule has 0 saturated heterocycles. The Hall–Kier alpha value is -2.11. The zero-order valence-corrected chi connectivity index (χ0v) is 15.1. The number of aromatic nitrogens is 1.